The average molecular weight is 303 g/mol. The smallest absolute Gasteiger partial charge is 0.309 e. The minimum Gasteiger partial charge on any atom is -0.469 e. The van der Waals surface area contributed by atoms with Crippen molar-refractivity contribution in [3.8, 4) is 11.5 Å². The number of halogens is 1. The first kappa shape index (κ1) is 14.8. The molecule has 2 aromatic rings. The molecule has 5 heteroatoms. The van der Waals surface area contributed by atoms with Gasteiger partial charge in [0, 0.05) is 11.5 Å². The van der Waals surface area contributed by atoms with Gasteiger partial charge < -0.3 is 9.15 Å². The molecule has 1 aromatic carbocycles. The molecule has 22 heavy (non-hydrogen) atoms. The summed E-state index contributed by atoms with van der Waals surface area (Å²) >= 11 is 0. The lowest BCUT2D eigenvalue weighted by atomic mass is 9.78. The van der Waals surface area contributed by atoms with Gasteiger partial charge in [-0.3, -0.25) is 4.79 Å². The Kier molecular flexibility index (Phi) is 4.22. The zero-order valence-electron chi connectivity index (χ0n) is 12.4. The van der Waals surface area contributed by atoms with Gasteiger partial charge in [0.05, 0.1) is 18.7 Å². The lowest BCUT2D eigenvalue weighted by Gasteiger charge is -2.27. The quantitative estimate of drug-likeness (QED) is 0.806. The second-order valence-electron chi connectivity index (χ2n) is 5.61. The maximum Gasteiger partial charge on any atom is 0.309 e. The number of ether oxygens (including phenoxy) is 1. The fourth-order valence-electron chi connectivity index (χ4n) is 3.10. The Balaban J connectivity index is 1.85. The Bertz CT molecular complexity index is 650. The molecule has 1 fully saturated rings. The summed E-state index contributed by atoms with van der Waals surface area (Å²) < 4.78 is 23.4. The molecular weight excluding hydrogens is 285 g/mol. The highest BCUT2D eigenvalue weighted by atomic mass is 19.1. The summed E-state index contributed by atoms with van der Waals surface area (Å²) in [5.74, 6) is -0.169. The van der Waals surface area contributed by atoms with E-state index in [2.05, 4.69) is 4.98 Å². The number of esters is 1. The molecule has 1 aliphatic carbocycles. The Labute approximate surface area is 128 Å². The number of oxazole rings is 1. The van der Waals surface area contributed by atoms with Crippen molar-refractivity contribution in [2.24, 2.45) is 5.92 Å². The van der Waals surface area contributed by atoms with Crippen LogP contribution in [0.25, 0.3) is 11.5 Å². The van der Waals surface area contributed by atoms with Gasteiger partial charge in [0.25, 0.3) is 0 Å². The van der Waals surface area contributed by atoms with Crippen LogP contribution in [0.4, 0.5) is 4.39 Å². The van der Waals surface area contributed by atoms with Crippen LogP contribution < -0.4 is 0 Å². The predicted octanol–water partition coefficient (Wildman–Crippen LogP) is 3.93. The van der Waals surface area contributed by atoms with Crippen molar-refractivity contribution >= 4 is 5.97 Å². The number of hydrogen-bond acceptors (Lipinski definition) is 4. The van der Waals surface area contributed by atoms with Crippen LogP contribution in [0.5, 0.6) is 0 Å². The first-order valence-electron chi connectivity index (χ1n) is 7.48. The molecule has 0 N–H and O–H groups in total. The van der Waals surface area contributed by atoms with Crippen LogP contribution >= 0.6 is 0 Å². The van der Waals surface area contributed by atoms with Crippen LogP contribution in [0.1, 0.15) is 37.3 Å². The average Bonchev–Trinajstić information content (AvgIpc) is 3.04. The number of aromatic nitrogens is 1. The van der Waals surface area contributed by atoms with Gasteiger partial charge in [-0.15, -0.1) is 0 Å². The fraction of sp³-hybridized carbons (Fsp3) is 0.412. The van der Waals surface area contributed by atoms with Crippen LogP contribution in [-0.4, -0.2) is 18.1 Å². The lowest BCUT2D eigenvalue weighted by molar-refractivity contribution is -0.147. The van der Waals surface area contributed by atoms with Crippen LogP contribution in [0, 0.1) is 11.7 Å². The minimum absolute atomic E-state index is 0.0270. The monoisotopic (exact) mass is 303 g/mol. The number of nitrogens with zero attached hydrogens (tertiary/aromatic N) is 1. The summed E-state index contributed by atoms with van der Waals surface area (Å²) in [6.07, 6.45) is 5.41. The predicted molar refractivity (Wildman–Crippen MR) is 78.6 cm³/mol. The molecule has 1 saturated carbocycles. The summed E-state index contributed by atoms with van der Waals surface area (Å²) in [5, 5.41) is 0. The van der Waals surface area contributed by atoms with Gasteiger partial charge in [0.15, 0.2) is 0 Å². The van der Waals surface area contributed by atoms with E-state index < -0.39 is 0 Å². The van der Waals surface area contributed by atoms with Crippen molar-refractivity contribution in [1.29, 1.82) is 0 Å². The van der Waals surface area contributed by atoms with Gasteiger partial charge in [0.1, 0.15) is 12.1 Å². The summed E-state index contributed by atoms with van der Waals surface area (Å²) in [4.78, 5) is 16.4. The van der Waals surface area contributed by atoms with E-state index in [9.17, 15) is 9.18 Å². The molecule has 4 nitrogen and oxygen atoms in total. The summed E-state index contributed by atoms with van der Waals surface area (Å²) in [6, 6.07) is 6.00. The van der Waals surface area contributed by atoms with Gasteiger partial charge in [0.2, 0.25) is 5.89 Å². The molecule has 0 saturated heterocycles. The highest BCUT2D eigenvalue weighted by Crippen LogP contribution is 2.38. The summed E-state index contributed by atoms with van der Waals surface area (Å²) in [6.45, 7) is 0. The van der Waals surface area contributed by atoms with Gasteiger partial charge in [-0.2, -0.15) is 0 Å². The zero-order valence-corrected chi connectivity index (χ0v) is 12.4. The largest absolute Gasteiger partial charge is 0.469 e. The molecule has 1 aromatic heterocycles. The van der Waals surface area contributed by atoms with E-state index in [1.54, 1.807) is 18.4 Å². The number of methoxy groups -OCH3 is 1. The molecular formula is C17H18FNO3. The standard InChI is InChI=1S/C17H18FNO3/c1-21-17(20)14-5-3-2-4-13(14)15-10-22-16(19-15)11-6-8-12(18)9-7-11/h6-10,13-14H,2-5H2,1H3/t13-,14-/m1/s1. The van der Waals surface area contributed by atoms with Gasteiger partial charge in [-0.05, 0) is 37.1 Å². The molecule has 0 bridgehead atoms. The van der Waals surface area contributed by atoms with E-state index in [0.29, 0.717) is 5.89 Å². The Hall–Kier alpha value is -2.17. The van der Waals surface area contributed by atoms with Crippen molar-refractivity contribution in [1.82, 2.24) is 4.98 Å². The molecule has 3 rings (SSSR count). The van der Waals surface area contributed by atoms with Crippen molar-refractivity contribution in [3.05, 3.63) is 42.0 Å². The van der Waals surface area contributed by atoms with E-state index in [0.717, 1.165) is 36.9 Å². The van der Waals surface area contributed by atoms with Crippen LogP contribution in [-0.2, 0) is 9.53 Å². The number of hydrogen-bond donors (Lipinski definition) is 0. The first-order chi connectivity index (χ1) is 10.7. The topological polar surface area (TPSA) is 52.3 Å². The number of carbonyl (C=O) groups is 1. The van der Waals surface area contributed by atoms with Gasteiger partial charge in [-0.1, -0.05) is 12.8 Å². The maximum atomic E-state index is 13.0. The van der Waals surface area contributed by atoms with Crippen molar-refractivity contribution in [2.45, 2.75) is 31.6 Å². The Morgan fingerprint density at radius 3 is 2.73 bits per heavy atom. The van der Waals surface area contributed by atoms with Crippen LogP contribution in [0.15, 0.2) is 34.9 Å². The normalized spacial score (nSPS) is 21.5. The molecule has 0 unspecified atom stereocenters. The third-order valence-corrected chi connectivity index (χ3v) is 4.26. The van der Waals surface area contributed by atoms with Crippen molar-refractivity contribution in [2.75, 3.05) is 7.11 Å². The third-order valence-electron chi connectivity index (χ3n) is 4.26. The zero-order chi connectivity index (χ0) is 15.5. The van der Waals surface area contributed by atoms with E-state index in [1.165, 1.54) is 19.2 Å². The van der Waals surface area contributed by atoms with Crippen LogP contribution in [0.3, 0.4) is 0 Å². The van der Waals surface area contributed by atoms with E-state index in [-0.39, 0.29) is 23.6 Å². The minimum atomic E-state index is -0.298. The maximum absolute atomic E-state index is 13.0. The number of benzene rings is 1. The van der Waals surface area contributed by atoms with Crippen molar-refractivity contribution < 1.29 is 18.3 Å². The van der Waals surface area contributed by atoms with E-state index >= 15 is 0 Å². The summed E-state index contributed by atoms with van der Waals surface area (Å²) in [5.41, 5.74) is 1.49. The molecule has 2 atom stereocenters. The van der Waals surface area contributed by atoms with Gasteiger partial charge >= 0.3 is 5.97 Å². The van der Waals surface area contributed by atoms with Gasteiger partial charge in [-0.25, -0.2) is 9.37 Å². The molecule has 0 aliphatic heterocycles. The molecule has 1 aliphatic rings. The SMILES string of the molecule is COC(=O)[C@@H]1CCCC[C@H]1c1coc(-c2ccc(F)cc2)n1. The second-order valence-corrected chi connectivity index (χ2v) is 5.61. The molecule has 1 heterocycles. The fourth-order valence-corrected chi connectivity index (χ4v) is 3.10. The highest BCUT2D eigenvalue weighted by Gasteiger charge is 2.34. The van der Waals surface area contributed by atoms with Crippen LogP contribution in [0.2, 0.25) is 0 Å². The molecule has 116 valence electrons. The molecule has 0 radical (unpaired) electrons. The first-order valence-corrected chi connectivity index (χ1v) is 7.48. The second kappa shape index (κ2) is 6.30. The van der Waals surface area contributed by atoms with E-state index in [1.807, 2.05) is 0 Å². The molecule has 0 spiro atoms. The Morgan fingerprint density at radius 2 is 2.00 bits per heavy atom. The summed E-state index contributed by atoms with van der Waals surface area (Å²) in [7, 11) is 1.42. The third kappa shape index (κ3) is 2.89. The lowest BCUT2D eigenvalue weighted by Crippen LogP contribution is -2.27. The van der Waals surface area contributed by atoms with E-state index in [4.69, 9.17) is 9.15 Å². The molecule has 0 amide bonds. The Morgan fingerprint density at radius 1 is 1.27 bits per heavy atom. The van der Waals surface area contributed by atoms with Crippen molar-refractivity contribution in [3.63, 3.8) is 0 Å². The number of rotatable bonds is 3. The number of carbonyl (C=O) groups excluding carboxylic acids is 1. The highest BCUT2D eigenvalue weighted by molar-refractivity contribution is 5.73.